The number of hydrogen-bond acceptors (Lipinski definition) is 9. The van der Waals surface area contributed by atoms with Crippen LogP contribution in [0.2, 0.25) is 5.02 Å². The van der Waals surface area contributed by atoms with Crippen molar-refractivity contribution in [2.75, 3.05) is 65.0 Å². The average molecular weight is 648 g/mol. The molecule has 11 nitrogen and oxygen atoms in total. The first-order valence-corrected chi connectivity index (χ1v) is 15.6. The zero-order valence-corrected chi connectivity index (χ0v) is 27.8. The number of aromatic hydroxyl groups is 1. The summed E-state index contributed by atoms with van der Waals surface area (Å²) in [5, 5.41) is 10.7. The third kappa shape index (κ3) is 6.50. The number of fused-ring (bicyclic) bond motifs is 2. The molecule has 1 N–H and O–H groups in total. The molecule has 1 unspecified atom stereocenters. The van der Waals surface area contributed by atoms with E-state index in [1.165, 1.54) is 18.2 Å². The van der Waals surface area contributed by atoms with Gasteiger partial charge in [0, 0.05) is 51.4 Å². The van der Waals surface area contributed by atoms with Crippen molar-refractivity contribution in [3.05, 3.63) is 34.6 Å². The summed E-state index contributed by atoms with van der Waals surface area (Å²) in [5.41, 5.74) is -1.14. The first-order chi connectivity index (χ1) is 21.1. The van der Waals surface area contributed by atoms with Gasteiger partial charge in [-0.2, -0.15) is 0 Å². The highest BCUT2D eigenvalue weighted by Gasteiger charge is 2.46. The summed E-state index contributed by atoms with van der Waals surface area (Å²) in [7, 11) is 3.70. The van der Waals surface area contributed by atoms with E-state index in [1.54, 1.807) is 37.7 Å². The zero-order chi connectivity index (χ0) is 32.8. The van der Waals surface area contributed by atoms with Crippen molar-refractivity contribution in [3.63, 3.8) is 0 Å². The summed E-state index contributed by atoms with van der Waals surface area (Å²) in [5.74, 6) is -0.997. The highest BCUT2D eigenvalue weighted by molar-refractivity contribution is 6.35. The molecular weight excluding hydrogens is 605 g/mol. The lowest BCUT2D eigenvalue weighted by Gasteiger charge is -2.40. The Balaban J connectivity index is 1.60. The molecule has 13 heteroatoms. The molecule has 1 aromatic heterocycles. The van der Waals surface area contributed by atoms with E-state index < -0.39 is 29.1 Å². The van der Waals surface area contributed by atoms with Gasteiger partial charge in [0.2, 0.25) is 0 Å². The second kappa shape index (κ2) is 12.4. The molecule has 2 aromatic rings. The summed E-state index contributed by atoms with van der Waals surface area (Å²) < 4.78 is 32.5. The molecule has 2 fully saturated rings. The first kappa shape index (κ1) is 33.0. The number of phenols is 1. The summed E-state index contributed by atoms with van der Waals surface area (Å²) in [4.78, 5) is 39.8. The van der Waals surface area contributed by atoms with Crippen molar-refractivity contribution in [1.82, 2.24) is 19.7 Å². The van der Waals surface area contributed by atoms with Crippen LogP contribution in [0.1, 0.15) is 51.4 Å². The number of rotatable bonds is 6. The molecule has 45 heavy (non-hydrogen) atoms. The number of piperazine rings is 1. The summed E-state index contributed by atoms with van der Waals surface area (Å²) >= 11 is 6.92. The van der Waals surface area contributed by atoms with Gasteiger partial charge < -0.3 is 34.0 Å². The summed E-state index contributed by atoms with van der Waals surface area (Å²) in [6.07, 6.45) is 0.301. The number of anilines is 1. The van der Waals surface area contributed by atoms with E-state index in [0.29, 0.717) is 19.0 Å². The van der Waals surface area contributed by atoms with Gasteiger partial charge in [0.1, 0.15) is 45.9 Å². The number of hydrogen-bond donors (Lipinski definition) is 1. The quantitative estimate of drug-likeness (QED) is 0.480. The minimum atomic E-state index is -0.710. The second-order valence-corrected chi connectivity index (χ2v) is 14.0. The standard InChI is InChI=1S/C32H43ClFN5O6/c1-31(2,3)45-30(42)37-11-12-38-20(16-37)18-44-27-24(29(38)41)28(35-26(25(27)33)23-21(34)9-8-10-22(23)40)39-17-19(15-32(39,4)5)36(6)13-14-43-7/h8-10,19-20,40H,11-18H2,1-7H3/t19?,20-/m1/s1. The zero-order valence-electron chi connectivity index (χ0n) is 27.0. The fourth-order valence-electron chi connectivity index (χ4n) is 6.34. The number of methoxy groups -OCH3 is 1. The maximum atomic E-state index is 15.3. The van der Waals surface area contributed by atoms with Crippen molar-refractivity contribution in [2.45, 2.75) is 64.3 Å². The predicted molar refractivity (Wildman–Crippen MR) is 169 cm³/mol. The van der Waals surface area contributed by atoms with E-state index in [4.69, 9.17) is 30.8 Å². The Morgan fingerprint density at radius 3 is 2.64 bits per heavy atom. The van der Waals surface area contributed by atoms with Gasteiger partial charge in [0.25, 0.3) is 5.91 Å². The number of likely N-dealkylation sites (N-methyl/N-ethyl adjacent to an activating group) is 1. The lowest BCUT2D eigenvalue weighted by atomic mass is 9.98. The van der Waals surface area contributed by atoms with Gasteiger partial charge in [0.15, 0.2) is 5.75 Å². The molecule has 2 atom stereocenters. The van der Waals surface area contributed by atoms with Crippen molar-refractivity contribution in [1.29, 1.82) is 0 Å². The maximum absolute atomic E-state index is 15.3. The lowest BCUT2D eigenvalue weighted by Crippen LogP contribution is -2.58. The molecule has 2 saturated heterocycles. The fraction of sp³-hybridized carbons (Fsp3) is 0.594. The van der Waals surface area contributed by atoms with E-state index in [9.17, 15) is 14.7 Å². The monoisotopic (exact) mass is 647 g/mol. The van der Waals surface area contributed by atoms with Crippen LogP contribution in [0, 0.1) is 5.82 Å². The number of amides is 2. The summed E-state index contributed by atoms with van der Waals surface area (Å²) in [6, 6.07) is 3.60. The minimum Gasteiger partial charge on any atom is -0.507 e. The Hall–Kier alpha value is -3.35. The third-order valence-electron chi connectivity index (χ3n) is 8.72. The van der Waals surface area contributed by atoms with Crippen LogP contribution in [0.25, 0.3) is 11.3 Å². The fourth-order valence-corrected chi connectivity index (χ4v) is 6.63. The van der Waals surface area contributed by atoms with Crippen LogP contribution in [-0.4, -0.2) is 120 Å². The molecule has 246 valence electrons. The van der Waals surface area contributed by atoms with E-state index in [-0.39, 0.29) is 71.5 Å². The molecule has 5 rings (SSSR count). The molecule has 0 radical (unpaired) electrons. The Labute approximate surface area is 268 Å². The summed E-state index contributed by atoms with van der Waals surface area (Å²) in [6.45, 7) is 12.2. The minimum absolute atomic E-state index is 0.0175. The van der Waals surface area contributed by atoms with Gasteiger partial charge in [-0.1, -0.05) is 17.7 Å². The number of benzene rings is 1. The van der Waals surface area contributed by atoms with Gasteiger partial charge in [-0.05, 0) is 60.2 Å². The largest absolute Gasteiger partial charge is 0.507 e. The van der Waals surface area contributed by atoms with Crippen LogP contribution in [0.5, 0.6) is 11.5 Å². The molecule has 2 amide bonds. The molecule has 0 bridgehead atoms. The number of phenolic OH excluding ortho intramolecular Hbond substituents is 1. The highest BCUT2D eigenvalue weighted by atomic mass is 35.5. The normalized spacial score (nSPS) is 21.4. The van der Waals surface area contributed by atoms with E-state index in [1.807, 2.05) is 7.05 Å². The van der Waals surface area contributed by atoms with Crippen molar-refractivity contribution in [3.8, 4) is 22.8 Å². The SMILES string of the molecule is COCCN(C)C1CN(c2nc(-c3c(O)cccc3F)c(Cl)c3c2C(=O)N2CCN(C(=O)OC(C)(C)C)C[C@@H]2CO3)C(C)(C)C1. The van der Waals surface area contributed by atoms with Crippen LogP contribution in [0.15, 0.2) is 18.2 Å². The van der Waals surface area contributed by atoms with Crippen LogP contribution in [0.4, 0.5) is 15.0 Å². The van der Waals surface area contributed by atoms with Crippen LogP contribution >= 0.6 is 11.6 Å². The predicted octanol–water partition coefficient (Wildman–Crippen LogP) is 4.64. The van der Waals surface area contributed by atoms with E-state index in [2.05, 4.69) is 23.6 Å². The molecule has 1 aromatic carbocycles. The third-order valence-corrected chi connectivity index (χ3v) is 9.07. The Bertz CT molecular complexity index is 1450. The molecule has 4 heterocycles. The number of carbonyl (C=O) groups is 2. The van der Waals surface area contributed by atoms with Crippen LogP contribution in [0.3, 0.4) is 0 Å². The molecule has 0 saturated carbocycles. The van der Waals surface area contributed by atoms with Crippen LogP contribution in [-0.2, 0) is 9.47 Å². The second-order valence-electron chi connectivity index (χ2n) is 13.6. The van der Waals surface area contributed by atoms with Gasteiger partial charge in [-0.3, -0.25) is 9.69 Å². The average Bonchev–Trinajstić information content (AvgIpc) is 3.20. The van der Waals surface area contributed by atoms with Crippen molar-refractivity contribution < 1.29 is 33.3 Å². The molecular formula is C32H43ClFN5O6. The number of carbonyl (C=O) groups excluding carboxylic acids is 2. The highest BCUT2D eigenvalue weighted by Crippen LogP contribution is 2.48. The van der Waals surface area contributed by atoms with Crippen molar-refractivity contribution in [2.24, 2.45) is 0 Å². The Kier molecular flexibility index (Phi) is 9.14. The van der Waals surface area contributed by atoms with Gasteiger partial charge in [-0.15, -0.1) is 0 Å². The number of nitrogens with zero attached hydrogens (tertiary/aromatic N) is 5. The smallest absolute Gasteiger partial charge is 0.410 e. The van der Waals surface area contributed by atoms with Crippen LogP contribution < -0.4 is 9.64 Å². The number of aromatic nitrogens is 1. The maximum Gasteiger partial charge on any atom is 0.410 e. The first-order valence-electron chi connectivity index (χ1n) is 15.2. The van der Waals surface area contributed by atoms with Gasteiger partial charge in [0.05, 0.1) is 18.2 Å². The van der Waals surface area contributed by atoms with Gasteiger partial charge in [-0.25, -0.2) is 14.2 Å². The molecule has 0 aliphatic carbocycles. The topological polar surface area (TPSA) is 108 Å². The Morgan fingerprint density at radius 2 is 1.98 bits per heavy atom. The number of ether oxygens (including phenoxy) is 3. The van der Waals surface area contributed by atoms with E-state index in [0.717, 1.165) is 13.0 Å². The Morgan fingerprint density at radius 1 is 1.24 bits per heavy atom. The molecule has 0 spiro atoms. The van der Waals surface area contributed by atoms with Gasteiger partial charge >= 0.3 is 6.09 Å². The molecule has 3 aliphatic heterocycles. The molecule has 3 aliphatic rings. The van der Waals surface area contributed by atoms with E-state index >= 15 is 4.39 Å². The lowest BCUT2D eigenvalue weighted by molar-refractivity contribution is 0.000952. The number of halogens is 2. The number of pyridine rings is 1. The van der Waals surface area contributed by atoms with Crippen molar-refractivity contribution >= 4 is 29.4 Å².